The molecule has 1 aliphatic rings. The SMILES string of the molecule is CCc1ccc(/C=C2/Oc3ccc(C)cc3N(CC(C)(C)C(=O)O)C2=O)cc1. The predicted molar refractivity (Wildman–Crippen MR) is 109 cm³/mol. The number of amides is 1. The van der Waals surface area contributed by atoms with Crippen molar-refractivity contribution in [3.8, 4) is 5.75 Å². The fourth-order valence-corrected chi connectivity index (χ4v) is 3.04. The van der Waals surface area contributed by atoms with Crippen LogP contribution in [0.2, 0.25) is 0 Å². The zero-order valence-electron chi connectivity index (χ0n) is 16.7. The van der Waals surface area contributed by atoms with Crippen molar-refractivity contribution in [3.63, 3.8) is 0 Å². The fourth-order valence-electron chi connectivity index (χ4n) is 3.04. The van der Waals surface area contributed by atoms with Gasteiger partial charge >= 0.3 is 5.97 Å². The van der Waals surface area contributed by atoms with Crippen LogP contribution >= 0.6 is 0 Å². The van der Waals surface area contributed by atoms with Crippen LogP contribution in [0.1, 0.15) is 37.5 Å². The van der Waals surface area contributed by atoms with E-state index in [9.17, 15) is 14.7 Å². The summed E-state index contributed by atoms with van der Waals surface area (Å²) in [6.45, 7) is 7.28. The molecule has 1 amide bonds. The lowest BCUT2D eigenvalue weighted by atomic mass is 9.92. The first-order chi connectivity index (χ1) is 13.2. The minimum Gasteiger partial charge on any atom is -0.481 e. The van der Waals surface area contributed by atoms with Crippen LogP contribution in [-0.4, -0.2) is 23.5 Å². The lowest BCUT2D eigenvalue weighted by Gasteiger charge is -2.34. The molecule has 0 aliphatic carbocycles. The van der Waals surface area contributed by atoms with Crippen molar-refractivity contribution in [2.75, 3.05) is 11.4 Å². The Labute approximate surface area is 165 Å². The molecular formula is C23H25NO4. The number of nitrogens with zero attached hydrogens (tertiary/aromatic N) is 1. The summed E-state index contributed by atoms with van der Waals surface area (Å²) in [7, 11) is 0. The van der Waals surface area contributed by atoms with Gasteiger partial charge in [0.1, 0.15) is 0 Å². The van der Waals surface area contributed by atoms with Crippen LogP contribution in [0.4, 0.5) is 5.69 Å². The fraction of sp³-hybridized carbons (Fsp3) is 0.304. The van der Waals surface area contributed by atoms with Crippen molar-refractivity contribution in [2.24, 2.45) is 5.41 Å². The number of carboxylic acids is 1. The van der Waals surface area contributed by atoms with Gasteiger partial charge in [-0.25, -0.2) is 0 Å². The van der Waals surface area contributed by atoms with Gasteiger partial charge in [-0.05, 0) is 62.1 Å². The molecule has 2 aromatic rings. The number of carbonyl (C=O) groups is 2. The third-order valence-corrected chi connectivity index (χ3v) is 4.90. The lowest BCUT2D eigenvalue weighted by molar-refractivity contribution is -0.146. The van der Waals surface area contributed by atoms with Gasteiger partial charge in [0.05, 0.1) is 11.1 Å². The summed E-state index contributed by atoms with van der Waals surface area (Å²) in [6, 6.07) is 13.5. The largest absolute Gasteiger partial charge is 0.481 e. The molecule has 0 fully saturated rings. The molecule has 146 valence electrons. The van der Waals surface area contributed by atoms with Crippen molar-refractivity contribution in [3.05, 3.63) is 64.9 Å². The molecule has 1 aliphatic heterocycles. The van der Waals surface area contributed by atoms with E-state index in [2.05, 4.69) is 6.92 Å². The van der Waals surface area contributed by atoms with Crippen molar-refractivity contribution < 1.29 is 19.4 Å². The second kappa shape index (κ2) is 7.50. The number of benzene rings is 2. The Kier molecular flexibility index (Phi) is 5.27. The molecule has 0 unspecified atom stereocenters. The molecule has 1 heterocycles. The summed E-state index contributed by atoms with van der Waals surface area (Å²) in [4.78, 5) is 26.3. The van der Waals surface area contributed by atoms with Gasteiger partial charge in [0.25, 0.3) is 5.91 Å². The summed E-state index contributed by atoms with van der Waals surface area (Å²) < 4.78 is 5.89. The smallest absolute Gasteiger partial charge is 0.310 e. The number of ether oxygens (including phenoxy) is 1. The number of hydrogen-bond donors (Lipinski definition) is 1. The van der Waals surface area contributed by atoms with E-state index in [0.29, 0.717) is 11.4 Å². The van der Waals surface area contributed by atoms with Gasteiger partial charge in [-0.3, -0.25) is 9.59 Å². The van der Waals surface area contributed by atoms with Crippen LogP contribution in [0, 0.1) is 12.3 Å². The number of anilines is 1. The number of carbonyl (C=O) groups excluding carboxylic acids is 1. The number of carboxylic acid groups (broad SMARTS) is 1. The second-order valence-electron chi connectivity index (χ2n) is 7.76. The molecule has 0 saturated heterocycles. The van der Waals surface area contributed by atoms with Crippen LogP contribution in [0.15, 0.2) is 48.2 Å². The number of hydrogen-bond acceptors (Lipinski definition) is 3. The number of rotatable bonds is 5. The molecule has 0 aromatic heterocycles. The van der Waals surface area contributed by atoms with Gasteiger partial charge in [-0.2, -0.15) is 0 Å². The maximum absolute atomic E-state index is 13.2. The normalized spacial score (nSPS) is 15.4. The van der Waals surface area contributed by atoms with E-state index < -0.39 is 11.4 Å². The topological polar surface area (TPSA) is 66.8 Å². The number of aliphatic carboxylic acids is 1. The highest BCUT2D eigenvalue weighted by molar-refractivity contribution is 6.10. The van der Waals surface area contributed by atoms with Gasteiger partial charge < -0.3 is 14.7 Å². The average molecular weight is 379 g/mol. The Balaban J connectivity index is 2.03. The molecule has 1 N–H and O–H groups in total. The first-order valence-corrected chi connectivity index (χ1v) is 9.35. The van der Waals surface area contributed by atoms with E-state index in [1.807, 2.05) is 49.4 Å². The summed E-state index contributed by atoms with van der Waals surface area (Å²) in [6.07, 6.45) is 2.64. The Morgan fingerprint density at radius 1 is 1.18 bits per heavy atom. The molecule has 28 heavy (non-hydrogen) atoms. The highest BCUT2D eigenvalue weighted by Crippen LogP contribution is 2.38. The Morgan fingerprint density at radius 2 is 1.86 bits per heavy atom. The average Bonchev–Trinajstić information content (AvgIpc) is 2.66. The first-order valence-electron chi connectivity index (χ1n) is 9.35. The standard InChI is InChI=1S/C23H25NO4/c1-5-16-7-9-17(10-8-16)13-20-21(25)24(14-23(3,4)22(26)27)18-12-15(2)6-11-19(18)28-20/h6-13H,5,14H2,1-4H3,(H,26,27)/b20-13+. The van der Waals surface area contributed by atoms with Crippen LogP contribution in [0.5, 0.6) is 5.75 Å². The van der Waals surface area contributed by atoms with E-state index in [4.69, 9.17) is 4.74 Å². The summed E-state index contributed by atoms with van der Waals surface area (Å²) in [5.74, 6) is -0.571. The molecule has 0 atom stereocenters. The van der Waals surface area contributed by atoms with Crippen molar-refractivity contribution >= 4 is 23.6 Å². The maximum Gasteiger partial charge on any atom is 0.310 e. The molecule has 0 saturated carbocycles. The molecule has 3 rings (SSSR count). The molecule has 5 nitrogen and oxygen atoms in total. The molecule has 2 aromatic carbocycles. The lowest BCUT2D eigenvalue weighted by Crippen LogP contribution is -2.45. The molecule has 5 heteroatoms. The van der Waals surface area contributed by atoms with Crippen LogP contribution in [-0.2, 0) is 16.0 Å². The molecule has 0 spiro atoms. The second-order valence-corrected chi connectivity index (χ2v) is 7.76. The Bertz CT molecular complexity index is 942. The van der Waals surface area contributed by atoms with E-state index in [-0.39, 0.29) is 18.2 Å². The number of aryl methyl sites for hydroxylation is 2. The zero-order chi connectivity index (χ0) is 20.5. The highest BCUT2D eigenvalue weighted by Gasteiger charge is 2.37. The van der Waals surface area contributed by atoms with Gasteiger partial charge in [0.2, 0.25) is 0 Å². The monoisotopic (exact) mass is 379 g/mol. The Morgan fingerprint density at radius 3 is 2.46 bits per heavy atom. The molecular weight excluding hydrogens is 354 g/mol. The molecule has 0 radical (unpaired) electrons. The summed E-state index contributed by atoms with van der Waals surface area (Å²) in [5.41, 5.74) is 2.54. The highest BCUT2D eigenvalue weighted by atomic mass is 16.5. The van der Waals surface area contributed by atoms with Crippen molar-refractivity contribution in [1.29, 1.82) is 0 Å². The minimum absolute atomic E-state index is 0.0487. The summed E-state index contributed by atoms with van der Waals surface area (Å²) in [5, 5.41) is 9.53. The van der Waals surface area contributed by atoms with Gasteiger partial charge in [-0.15, -0.1) is 0 Å². The Hall–Kier alpha value is -3.08. The van der Waals surface area contributed by atoms with Crippen LogP contribution < -0.4 is 9.64 Å². The van der Waals surface area contributed by atoms with Crippen LogP contribution in [0.25, 0.3) is 6.08 Å². The van der Waals surface area contributed by atoms with Crippen LogP contribution in [0.3, 0.4) is 0 Å². The zero-order valence-corrected chi connectivity index (χ0v) is 16.7. The number of fused-ring (bicyclic) bond motifs is 1. The summed E-state index contributed by atoms with van der Waals surface area (Å²) >= 11 is 0. The van der Waals surface area contributed by atoms with E-state index in [0.717, 1.165) is 17.5 Å². The minimum atomic E-state index is -1.10. The third kappa shape index (κ3) is 3.93. The predicted octanol–water partition coefficient (Wildman–Crippen LogP) is 4.43. The van der Waals surface area contributed by atoms with Crippen molar-refractivity contribution in [2.45, 2.75) is 34.1 Å². The van der Waals surface area contributed by atoms with Gasteiger partial charge in [-0.1, -0.05) is 37.3 Å². The maximum atomic E-state index is 13.2. The van der Waals surface area contributed by atoms with Gasteiger partial charge in [0, 0.05) is 6.54 Å². The van der Waals surface area contributed by atoms with E-state index in [1.165, 1.54) is 10.5 Å². The van der Waals surface area contributed by atoms with E-state index in [1.54, 1.807) is 19.9 Å². The third-order valence-electron chi connectivity index (χ3n) is 4.90. The van der Waals surface area contributed by atoms with Crippen molar-refractivity contribution in [1.82, 2.24) is 0 Å². The quantitative estimate of drug-likeness (QED) is 0.780. The first kappa shape index (κ1) is 19.7. The molecule has 0 bridgehead atoms. The van der Waals surface area contributed by atoms with Gasteiger partial charge in [0.15, 0.2) is 11.5 Å². The van der Waals surface area contributed by atoms with E-state index >= 15 is 0 Å².